The number of hydrogen-bond acceptors (Lipinski definition) is 4. The van der Waals surface area contributed by atoms with E-state index >= 15 is 0 Å². The van der Waals surface area contributed by atoms with E-state index < -0.39 is 0 Å². The van der Waals surface area contributed by atoms with Crippen molar-refractivity contribution < 1.29 is 4.74 Å². The number of nitrogens with two attached hydrogens (primary N) is 1. The van der Waals surface area contributed by atoms with Crippen LogP contribution in [-0.4, -0.2) is 47.7 Å². The Bertz CT molecular complexity index is 1010. The minimum atomic E-state index is -0.236. The fourth-order valence-electron chi connectivity index (χ4n) is 4.01. The van der Waals surface area contributed by atoms with Crippen molar-refractivity contribution in [3.8, 4) is 11.8 Å². The molecule has 1 aliphatic rings. The lowest BCUT2D eigenvalue weighted by atomic mass is 10.0. The number of hydrogen-bond donors (Lipinski definition) is 2. The van der Waals surface area contributed by atoms with E-state index in [-0.39, 0.29) is 12.2 Å². The van der Waals surface area contributed by atoms with Gasteiger partial charge in [-0.1, -0.05) is 36.1 Å². The van der Waals surface area contributed by atoms with Gasteiger partial charge in [-0.15, -0.1) is 0 Å². The summed E-state index contributed by atoms with van der Waals surface area (Å²) in [6.07, 6.45) is 5.00. The van der Waals surface area contributed by atoms with Crippen molar-refractivity contribution in [1.82, 2.24) is 14.9 Å². The third-order valence-electron chi connectivity index (χ3n) is 5.83. The number of imidazole rings is 1. The van der Waals surface area contributed by atoms with Crippen LogP contribution in [0, 0.1) is 11.8 Å². The average molecular weight is 417 g/mol. The summed E-state index contributed by atoms with van der Waals surface area (Å²) < 4.78 is 6.67. The molecule has 162 valence electrons. The summed E-state index contributed by atoms with van der Waals surface area (Å²) in [5.41, 5.74) is 9.67. The molecule has 1 aromatic heterocycles. The summed E-state index contributed by atoms with van der Waals surface area (Å²) in [6.45, 7) is 2.85. The third-order valence-corrected chi connectivity index (χ3v) is 5.83. The Kier molecular flexibility index (Phi) is 7.37. The fraction of sp³-hybridized carbons (Fsp3) is 0.423. The largest absolute Gasteiger partial charge is 0.362 e. The first-order valence-corrected chi connectivity index (χ1v) is 11.3. The number of H-pyrrole nitrogens is 1. The van der Waals surface area contributed by atoms with Gasteiger partial charge in [-0.3, -0.25) is 0 Å². The SMILES string of the molecule is CN1CCC(OC(c2cccc(C#CCCCCN)c2)c2nc3ccccc3[nH]2)CC1. The van der Waals surface area contributed by atoms with Crippen LogP contribution in [0.2, 0.25) is 0 Å². The summed E-state index contributed by atoms with van der Waals surface area (Å²) >= 11 is 0. The molecule has 1 aliphatic heterocycles. The molecule has 0 spiro atoms. The molecule has 0 amide bonds. The lowest BCUT2D eigenvalue weighted by molar-refractivity contribution is -0.0264. The summed E-state index contributed by atoms with van der Waals surface area (Å²) in [5, 5.41) is 0. The van der Waals surface area contributed by atoms with Crippen LogP contribution in [-0.2, 0) is 4.74 Å². The normalized spacial score (nSPS) is 16.2. The smallest absolute Gasteiger partial charge is 0.141 e. The molecule has 4 rings (SSSR count). The maximum Gasteiger partial charge on any atom is 0.141 e. The predicted molar refractivity (Wildman–Crippen MR) is 126 cm³/mol. The van der Waals surface area contributed by atoms with Gasteiger partial charge >= 0.3 is 0 Å². The predicted octanol–water partition coefficient (Wildman–Crippen LogP) is 4.24. The number of nitrogens with one attached hydrogen (secondary N) is 1. The zero-order valence-corrected chi connectivity index (χ0v) is 18.3. The van der Waals surface area contributed by atoms with Crippen molar-refractivity contribution in [2.45, 2.75) is 44.3 Å². The summed E-state index contributed by atoms with van der Waals surface area (Å²) in [5.74, 6) is 7.43. The van der Waals surface area contributed by atoms with E-state index in [9.17, 15) is 0 Å². The molecular weight excluding hydrogens is 384 g/mol. The molecule has 31 heavy (non-hydrogen) atoms. The first-order valence-electron chi connectivity index (χ1n) is 11.3. The molecule has 1 atom stereocenters. The van der Waals surface area contributed by atoms with Crippen LogP contribution in [0.3, 0.4) is 0 Å². The van der Waals surface area contributed by atoms with E-state index in [1.54, 1.807) is 0 Å². The Labute approximate surface area is 185 Å². The molecule has 0 radical (unpaired) electrons. The Morgan fingerprint density at radius 3 is 2.81 bits per heavy atom. The van der Waals surface area contributed by atoms with Gasteiger partial charge in [0.25, 0.3) is 0 Å². The molecule has 2 aromatic carbocycles. The molecule has 0 bridgehead atoms. The highest BCUT2D eigenvalue weighted by atomic mass is 16.5. The van der Waals surface area contributed by atoms with E-state index in [0.29, 0.717) is 0 Å². The Balaban J connectivity index is 1.60. The van der Waals surface area contributed by atoms with Gasteiger partial charge in [-0.2, -0.15) is 0 Å². The van der Waals surface area contributed by atoms with E-state index in [0.717, 1.165) is 79.7 Å². The number of ether oxygens (including phenoxy) is 1. The molecule has 3 N–H and O–H groups in total. The van der Waals surface area contributed by atoms with Gasteiger partial charge in [0.1, 0.15) is 11.9 Å². The van der Waals surface area contributed by atoms with Crippen molar-refractivity contribution in [2.75, 3.05) is 26.7 Å². The summed E-state index contributed by atoms with van der Waals surface area (Å²) in [7, 11) is 2.17. The van der Waals surface area contributed by atoms with E-state index in [1.807, 2.05) is 18.2 Å². The third kappa shape index (κ3) is 5.74. The standard InChI is InChI=1S/C26H32N4O/c1-30-17-14-22(15-18-30)31-25(26-28-23-12-5-6-13-24(23)29-26)21-11-8-10-20(19-21)9-4-2-3-7-16-27/h5-6,8,10-13,19,22,25H,2-3,7,14-18,27H2,1H3,(H,28,29). The van der Waals surface area contributed by atoms with Crippen molar-refractivity contribution in [3.05, 3.63) is 65.5 Å². The summed E-state index contributed by atoms with van der Waals surface area (Å²) in [6, 6.07) is 16.5. The van der Waals surface area contributed by atoms with Gasteiger partial charge in [-0.25, -0.2) is 4.98 Å². The molecular formula is C26H32N4O. The van der Waals surface area contributed by atoms with Crippen molar-refractivity contribution in [1.29, 1.82) is 0 Å². The van der Waals surface area contributed by atoms with Crippen LogP contribution in [0.25, 0.3) is 11.0 Å². The maximum absolute atomic E-state index is 6.67. The molecule has 1 unspecified atom stereocenters. The molecule has 3 aromatic rings. The molecule has 1 fully saturated rings. The number of fused-ring (bicyclic) bond motifs is 1. The van der Waals surface area contributed by atoms with Crippen LogP contribution in [0.4, 0.5) is 0 Å². The minimum Gasteiger partial charge on any atom is -0.362 e. The zero-order valence-electron chi connectivity index (χ0n) is 18.3. The topological polar surface area (TPSA) is 67.2 Å². The maximum atomic E-state index is 6.67. The van der Waals surface area contributed by atoms with Crippen LogP contribution < -0.4 is 5.73 Å². The number of aromatic nitrogens is 2. The fourth-order valence-corrected chi connectivity index (χ4v) is 4.01. The number of aromatic amines is 1. The van der Waals surface area contributed by atoms with Crippen molar-refractivity contribution in [3.63, 3.8) is 0 Å². The van der Waals surface area contributed by atoms with E-state index in [1.165, 1.54) is 0 Å². The number of nitrogens with zero attached hydrogens (tertiary/aromatic N) is 2. The van der Waals surface area contributed by atoms with Crippen LogP contribution in [0.15, 0.2) is 48.5 Å². The molecule has 5 nitrogen and oxygen atoms in total. The first kappa shape index (κ1) is 21.6. The van der Waals surface area contributed by atoms with Gasteiger partial charge in [0.2, 0.25) is 0 Å². The highest BCUT2D eigenvalue weighted by molar-refractivity contribution is 5.74. The number of unbranched alkanes of at least 4 members (excludes halogenated alkanes) is 2. The van der Waals surface area contributed by atoms with Gasteiger partial charge in [-0.05, 0) is 69.1 Å². The van der Waals surface area contributed by atoms with Crippen molar-refractivity contribution in [2.24, 2.45) is 5.73 Å². The Morgan fingerprint density at radius 1 is 1.16 bits per heavy atom. The Morgan fingerprint density at radius 2 is 2.00 bits per heavy atom. The van der Waals surface area contributed by atoms with Gasteiger partial charge in [0, 0.05) is 25.1 Å². The molecule has 2 heterocycles. The molecule has 1 saturated heterocycles. The minimum absolute atomic E-state index is 0.223. The number of piperidine rings is 1. The number of para-hydroxylation sites is 2. The Hall–Kier alpha value is -2.65. The first-order chi connectivity index (χ1) is 15.2. The number of likely N-dealkylation sites (tertiary alicyclic amines) is 1. The van der Waals surface area contributed by atoms with Gasteiger partial charge in [0.05, 0.1) is 17.1 Å². The van der Waals surface area contributed by atoms with Crippen LogP contribution in [0.1, 0.15) is 55.2 Å². The van der Waals surface area contributed by atoms with E-state index in [2.05, 4.69) is 59.1 Å². The second-order valence-corrected chi connectivity index (χ2v) is 8.33. The van der Waals surface area contributed by atoms with Crippen LogP contribution in [0.5, 0.6) is 0 Å². The van der Waals surface area contributed by atoms with Gasteiger partial charge in [0.15, 0.2) is 0 Å². The lowest BCUT2D eigenvalue weighted by Gasteiger charge is -2.31. The van der Waals surface area contributed by atoms with Crippen LogP contribution >= 0.6 is 0 Å². The second kappa shape index (κ2) is 10.6. The summed E-state index contributed by atoms with van der Waals surface area (Å²) in [4.78, 5) is 10.7. The highest BCUT2D eigenvalue weighted by Crippen LogP contribution is 2.30. The van der Waals surface area contributed by atoms with E-state index in [4.69, 9.17) is 15.5 Å². The zero-order chi connectivity index (χ0) is 21.5. The number of rotatable bonds is 7. The second-order valence-electron chi connectivity index (χ2n) is 8.33. The molecule has 0 aliphatic carbocycles. The van der Waals surface area contributed by atoms with Crippen molar-refractivity contribution >= 4 is 11.0 Å². The molecule has 5 heteroatoms. The number of benzene rings is 2. The average Bonchev–Trinajstić information content (AvgIpc) is 3.23. The highest BCUT2D eigenvalue weighted by Gasteiger charge is 2.26. The monoisotopic (exact) mass is 416 g/mol. The quantitative estimate of drug-likeness (QED) is 0.446. The molecule has 0 saturated carbocycles. The van der Waals surface area contributed by atoms with Gasteiger partial charge < -0.3 is 20.4 Å². The lowest BCUT2D eigenvalue weighted by Crippen LogP contribution is -2.35.